The maximum atomic E-state index is 12.6. The van der Waals surface area contributed by atoms with E-state index < -0.39 is 0 Å². The molecule has 1 aromatic rings. The fourth-order valence-electron chi connectivity index (χ4n) is 3.76. The molecule has 1 N–H and O–H groups in total. The highest BCUT2D eigenvalue weighted by Crippen LogP contribution is 2.27. The molecule has 2 saturated heterocycles. The highest BCUT2D eigenvalue weighted by atomic mass is 16.2. The third kappa shape index (κ3) is 2.98. The molecule has 120 valence electrons. The summed E-state index contributed by atoms with van der Waals surface area (Å²) in [7, 11) is 0. The molecular formula is C18H27N3O. The number of hydrogen-bond acceptors (Lipinski definition) is 3. The van der Waals surface area contributed by atoms with Gasteiger partial charge in [0.25, 0.3) is 5.91 Å². The summed E-state index contributed by atoms with van der Waals surface area (Å²) in [4.78, 5) is 17.0. The van der Waals surface area contributed by atoms with Crippen LogP contribution >= 0.6 is 0 Å². The van der Waals surface area contributed by atoms with Gasteiger partial charge in [0.05, 0.1) is 0 Å². The van der Waals surface area contributed by atoms with Gasteiger partial charge in [0.1, 0.15) is 0 Å². The zero-order valence-corrected chi connectivity index (χ0v) is 13.7. The van der Waals surface area contributed by atoms with E-state index in [4.69, 9.17) is 0 Å². The lowest BCUT2D eigenvalue weighted by Gasteiger charge is -2.23. The van der Waals surface area contributed by atoms with Gasteiger partial charge in [-0.15, -0.1) is 0 Å². The molecule has 0 aromatic heterocycles. The number of nitrogens with one attached hydrogen (secondary N) is 1. The quantitative estimate of drug-likeness (QED) is 0.906. The van der Waals surface area contributed by atoms with Gasteiger partial charge in [-0.3, -0.25) is 4.79 Å². The molecule has 1 aromatic carbocycles. The van der Waals surface area contributed by atoms with Crippen LogP contribution in [-0.4, -0.2) is 50.1 Å². The molecule has 0 bridgehead atoms. The minimum atomic E-state index is 0.194. The summed E-state index contributed by atoms with van der Waals surface area (Å²) < 4.78 is 0. The van der Waals surface area contributed by atoms with Gasteiger partial charge >= 0.3 is 0 Å². The number of amides is 1. The van der Waals surface area contributed by atoms with Crippen molar-refractivity contribution in [2.24, 2.45) is 11.8 Å². The summed E-state index contributed by atoms with van der Waals surface area (Å²) in [5.41, 5.74) is 2.03. The van der Waals surface area contributed by atoms with Crippen LogP contribution in [0.3, 0.4) is 0 Å². The molecule has 1 amide bonds. The van der Waals surface area contributed by atoms with E-state index >= 15 is 0 Å². The van der Waals surface area contributed by atoms with Crippen LogP contribution in [0.5, 0.6) is 0 Å². The Hall–Kier alpha value is -1.55. The lowest BCUT2D eigenvalue weighted by atomic mass is 10.0. The van der Waals surface area contributed by atoms with Crippen molar-refractivity contribution in [2.45, 2.75) is 20.3 Å². The first kappa shape index (κ1) is 15.3. The lowest BCUT2D eigenvalue weighted by Crippen LogP contribution is -2.31. The molecule has 0 spiro atoms. The molecule has 2 heterocycles. The van der Waals surface area contributed by atoms with Gasteiger partial charge < -0.3 is 15.1 Å². The van der Waals surface area contributed by atoms with E-state index in [1.165, 1.54) is 5.69 Å². The number of likely N-dealkylation sites (tertiary alicyclic amines) is 1. The van der Waals surface area contributed by atoms with E-state index in [1.54, 1.807) is 0 Å². The largest absolute Gasteiger partial charge is 0.372 e. The predicted octanol–water partition coefficient (Wildman–Crippen LogP) is 2.21. The summed E-state index contributed by atoms with van der Waals surface area (Å²) in [6.07, 6.45) is 1.14. The molecule has 0 unspecified atom stereocenters. The summed E-state index contributed by atoms with van der Waals surface area (Å²) in [5, 5.41) is 3.42. The molecule has 2 aliphatic heterocycles. The Morgan fingerprint density at radius 1 is 1.18 bits per heavy atom. The third-order valence-corrected chi connectivity index (χ3v) is 5.03. The number of hydrogen-bond donors (Lipinski definition) is 1. The average molecular weight is 301 g/mol. The number of rotatable bonds is 5. The molecule has 2 aliphatic rings. The van der Waals surface area contributed by atoms with Gasteiger partial charge in [0.15, 0.2) is 0 Å². The highest BCUT2D eigenvalue weighted by molar-refractivity contribution is 5.94. The molecule has 4 heteroatoms. The van der Waals surface area contributed by atoms with Crippen molar-refractivity contribution in [1.29, 1.82) is 0 Å². The molecule has 4 nitrogen and oxygen atoms in total. The smallest absolute Gasteiger partial charge is 0.253 e. The van der Waals surface area contributed by atoms with Crippen molar-refractivity contribution in [3.05, 3.63) is 29.8 Å². The number of benzene rings is 1. The first-order valence-electron chi connectivity index (χ1n) is 8.58. The molecule has 3 rings (SSSR count). The highest BCUT2D eigenvalue weighted by Gasteiger charge is 2.38. The van der Waals surface area contributed by atoms with Crippen molar-refractivity contribution < 1.29 is 4.79 Å². The summed E-state index contributed by atoms with van der Waals surface area (Å²) in [6, 6.07) is 8.15. The number of nitrogens with zero attached hydrogens (tertiary/aromatic N) is 2. The second-order valence-electron chi connectivity index (χ2n) is 6.52. The molecular weight excluding hydrogens is 274 g/mol. The van der Waals surface area contributed by atoms with E-state index in [0.717, 1.165) is 51.3 Å². The van der Waals surface area contributed by atoms with Crippen molar-refractivity contribution in [3.8, 4) is 0 Å². The molecule has 2 atom stereocenters. The van der Waals surface area contributed by atoms with Crippen molar-refractivity contribution in [3.63, 3.8) is 0 Å². The Bertz CT molecular complexity index is 502. The van der Waals surface area contributed by atoms with E-state index in [-0.39, 0.29) is 5.91 Å². The second-order valence-corrected chi connectivity index (χ2v) is 6.52. The van der Waals surface area contributed by atoms with Crippen LogP contribution in [0.1, 0.15) is 30.6 Å². The Morgan fingerprint density at radius 3 is 2.36 bits per heavy atom. The van der Waals surface area contributed by atoms with Crippen molar-refractivity contribution in [2.75, 3.05) is 44.2 Å². The third-order valence-electron chi connectivity index (χ3n) is 5.03. The molecule has 22 heavy (non-hydrogen) atoms. The first-order valence-corrected chi connectivity index (χ1v) is 8.58. The predicted molar refractivity (Wildman–Crippen MR) is 90.4 cm³/mol. The number of anilines is 1. The van der Waals surface area contributed by atoms with Crippen LogP contribution in [0.25, 0.3) is 0 Å². The summed E-state index contributed by atoms with van der Waals surface area (Å²) in [5.74, 6) is 1.51. The summed E-state index contributed by atoms with van der Waals surface area (Å²) in [6.45, 7) is 10.4. The fourth-order valence-corrected chi connectivity index (χ4v) is 3.76. The van der Waals surface area contributed by atoms with Crippen molar-refractivity contribution in [1.82, 2.24) is 10.2 Å². The van der Waals surface area contributed by atoms with E-state index in [9.17, 15) is 4.79 Å². The van der Waals surface area contributed by atoms with Crippen LogP contribution in [0, 0.1) is 11.8 Å². The fraction of sp³-hybridized carbons (Fsp3) is 0.611. The Kier molecular flexibility index (Phi) is 4.67. The van der Waals surface area contributed by atoms with Gasteiger partial charge in [0.2, 0.25) is 0 Å². The van der Waals surface area contributed by atoms with Gasteiger partial charge in [-0.25, -0.2) is 0 Å². The summed E-state index contributed by atoms with van der Waals surface area (Å²) >= 11 is 0. The minimum Gasteiger partial charge on any atom is -0.372 e. The average Bonchev–Trinajstić information content (AvgIpc) is 3.13. The Labute approximate surface area is 133 Å². The van der Waals surface area contributed by atoms with Gasteiger partial charge in [0, 0.05) is 50.5 Å². The minimum absolute atomic E-state index is 0.194. The van der Waals surface area contributed by atoms with E-state index in [2.05, 4.69) is 36.2 Å². The standard InChI is InChI=1S/C18H27N3O/c1-3-9-20(4-2)17-7-5-14(6-8-17)18(22)21-12-15-10-19-11-16(15)13-21/h5-8,15-16,19H,3-4,9-13H2,1-2H3/t15-,16+. The number of carbonyl (C=O) groups excluding carboxylic acids is 1. The van der Waals surface area contributed by atoms with Crippen LogP contribution in [-0.2, 0) is 0 Å². The molecule has 0 aliphatic carbocycles. The normalized spacial score (nSPS) is 23.6. The van der Waals surface area contributed by atoms with E-state index in [0.29, 0.717) is 11.8 Å². The van der Waals surface area contributed by atoms with Gasteiger partial charge in [-0.05, 0) is 49.4 Å². The zero-order valence-electron chi connectivity index (χ0n) is 13.7. The Balaban J connectivity index is 1.66. The number of carbonyl (C=O) groups is 1. The molecule has 2 fully saturated rings. The topological polar surface area (TPSA) is 35.6 Å². The molecule has 0 radical (unpaired) electrons. The first-order chi connectivity index (χ1) is 10.7. The second kappa shape index (κ2) is 6.69. The van der Waals surface area contributed by atoms with Crippen LogP contribution in [0.4, 0.5) is 5.69 Å². The monoisotopic (exact) mass is 301 g/mol. The maximum Gasteiger partial charge on any atom is 0.253 e. The number of fused-ring (bicyclic) bond motifs is 1. The van der Waals surface area contributed by atoms with Crippen molar-refractivity contribution >= 4 is 11.6 Å². The van der Waals surface area contributed by atoms with Gasteiger partial charge in [-0.2, -0.15) is 0 Å². The van der Waals surface area contributed by atoms with E-state index in [1.807, 2.05) is 17.0 Å². The van der Waals surface area contributed by atoms with Crippen LogP contribution < -0.4 is 10.2 Å². The van der Waals surface area contributed by atoms with Gasteiger partial charge in [-0.1, -0.05) is 6.92 Å². The van der Waals surface area contributed by atoms with Crippen LogP contribution in [0.2, 0.25) is 0 Å². The molecule has 0 saturated carbocycles. The Morgan fingerprint density at radius 2 is 1.82 bits per heavy atom. The van der Waals surface area contributed by atoms with Crippen LogP contribution in [0.15, 0.2) is 24.3 Å². The zero-order chi connectivity index (χ0) is 15.5. The maximum absolute atomic E-state index is 12.6. The SMILES string of the molecule is CCCN(CC)c1ccc(C(=O)N2C[C@H]3CNC[C@H]3C2)cc1. The lowest BCUT2D eigenvalue weighted by molar-refractivity contribution is 0.0781.